The molecule has 1 saturated carbocycles. The number of hydrogen-bond acceptors (Lipinski definition) is 3. The molecule has 1 aliphatic carbocycles. The van der Waals surface area contributed by atoms with Crippen LogP contribution in [0, 0.1) is 18.8 Å². The van der Waals surface area contributed by atoms with Crippen LogP contribution in [-0.2, 0) is 6.54 Å². The van der Waals surface area contributed by atoms with Gasteiger partial charge in [-0.2, -0.15) is 0 Å². The second kappa shape index (κ2) is 8.37. The molecule has 118 valence electrons. The molecule has 2 rings (SSSR count). The van der Waals surface area contributed by atoms with Gasteiger partial charge in [-0.1, -0.05) is 26.2 Å². The van der Waals surface area contributed by atoms with Gasteiger partial charge in [0.25, 0.3) is 0 Å². The zero-order valence-electron chi connectivity index (χ0n) is 13.5. The maximum Gasteiger partial charge on any atom is 0.191 e. The summed E-state index contributed by atoms with van der Waals surface area (Å²) in [4.78, 5) is 9.91. The number of aryl methyl sites for hydroxylation is 1. The number of hydrogen-bond donors (Lipinski definition) is 2. The van der Waals surface area contributed by atoms with Crippen molar-refractivity contribution in [2.45, 2.75) is 52.5 Å². The molecule has 0 radical (unpaired) electrons. The van der Waals surface area contributed by atoms with Gasteiger partial charge in [-0.25, -0.2) is 4.98 Å². The Labute approximate surface area is 132 Å². The van der Waals surface area contributed by atoms with E-state index in [0.29, 0.717) is 0 Å². The van der Waals surface area contributed by atoms with Crippen LogP contribution in [0.15, 0.2) is 11.2 Å². The Morgan fingerprint density at radius 1 is 1.29 bits per heavy atom. The van der Waals surface area contributed by atoms with Gasteiger partial charge in [0.15, 0.2) is 5.96 Å². The van der Waals surface area contributed by atoms with Crippen LogP contribution >= 0.6 is 11.3 Å². The van der Waals surface area contributed by atoms with E-state index in [0.717, 1.165) is 35.9 Å². The zero-order chi connectivity index (χ0) is 15.1. The lowest BCUT2D eigenvalue weighted by Crippen LogP contribution is -2.40. The molecule has 5 heteroatoms. The van der Waals surface area contributed by atoms with Crippen LogP contribution in [0.1, 0.15) is 48.9 Å². The van der Waals surface area contributed by atoms with Crippen molar-refractivity contribution in [1.82, 2.24) is 15.6 Å². The summed E-state index contributed by atoms with van der Waals surface area (Å²) in [6.45, 7) is 6.18. The van der Waals surface area contributed by atoms with Crippen LogP contribution in [0.2, 0.25) is 0 Å². The highest BCUT2D eigenvalue weighted by atomic mass is 32.1. The van der Waals surface area contributed by atoms with Crippen molar-refractivity contribution < 1.29 is 0 Å². The van der Waals surface area contributed by atoms with Gasteiger partial charge in [-0.15, -0.1) is 11.3 Å². The SMILES string of the molecule is CCC1CCC(CNC(=NC)NCc2ncc(C)s2)CC1. The lowest BCUT2D eigenvalue weighted by Gasteiger charge is -2.28. The summed E-state index contributed by atoms with van der Waals surface area (Å²) in [5, 5.41) is 7.92. The summed E-state index contributed by atoms with van der Waals surface area (Å²) in [7, 11) is 1.83. The molecule has 1 aliphatic rings. The van der Waals surface area contributed by atoms with Crippen LogP contribution in [0.5, 0.6) is 0 Å². The molecule has 0 aliphatic heterocycles. The minimum absolute atomic E-state index is 0.751. The molecule has 0 aromatic carbocycles. The topological polar surface area (TPSA) is 49.3 Å². The Bertz CT molecular complexity index is 447. The standard InChI is InChI=1S/C16H28N4S/c1-4-13-5-7-14(8-6-13)10-19-16(17-3)20-11-15-18-9-12(2)21-15/h9,13-14H,4-8,10-11H2,1-3H3,(H2,17,19,20). The van der Waals surface area contributed by atoms with E-state index in [1.165, 1.54) is 37.0 Å². The van der Waals surface area contributed by atoms with E-state index in [1.54, 1.807) is 11.3 Å². The highest BCUT2D eigenvalue weighted by Crippen LogP contribution is 2.30. The predicted molar refractivity (Wildman–Crippen MR) is 90.8 cm³/mol. The fourth-order valence-corrected chi connectivity index (χ4v) is 3.67. The van der Waals surface area contributed by atoms with Gasteiger partial charge in [0, 0.05) is 24.7 Å². The Morgan fingerprint density at radius 3 is 2.57 bits per heavy atom. The van der Waals surface area contributed by atoms with Crippen LogP contribution in [0.25, 0.3) is 0 Å². The quantitative estimate of drug-likeness (QED) is 0.648. The molecular weight excluding hydrogens is 280 g/mol. The fourth-order valence-electron chi connectivity index (χ4n) is 2.95. The summed E-state index contributed by atoms with van der Waals surface area (Å²) >= 11 is 1.73. The van der Waals surface area contributed by atoms with Crippen LogP contribution in [-0.4, -0.2) is 24.5 Å². The largest absolute Gasteiger partial charge is 0.356 e. The number of aliphatic imine (C=N–C) groups is 1. The van der Waals surface area contributed by atoms with Gasteiger partial charge in [0.1, 0.15) is 5.01 Å². The summed E-state index contributed by atoms with van der Waals surface area (Å²) in [5.41, 5.74) is 0. The normalized spacial score (nSPS) is 23.1. The number of thiazole rings is 1. The molecule has 0 bridgehead atoms. The summed E-state index contributed by atoms with van der Waals surface area (Å²) < 4.78 is 0. The molecule has 1 aromatic heterocycles. The van der Waals surface area contributed by atoms with Crippen molar-refractivity contribution in [3.05, 3.63) is 16.1 Å². The Kier molecular flexibility index (Phi) is 6.49. The summed E-state index contributed by atoms with van der Waals surface area (Å²) in [6, 6.07) is 0. The van der Waals surface area contributed by atoms with Gasteiger partial charge >= 0.3 is 0 Å². The predicted octanol–water partition coefficient (Wildman–Crippen LogP) is 3.33. The van der Waals surface area contributed by atoms with Crippen molar-refractivity contribution in [3.8, 4) is 0 Å². The van der Waals surface area contributed by atoms with Gasteiger partial charge in [0.05, 0.1) is 6.54 Å². The molecule has 21 heavy (non-hydrogen) atoms. The molecular formula is C16H28N4S. The minimum atomic E-state index is 0.751. The van der Waals surface area contributed by atoms with E-state index in [2.05, 4.69) is 34.5 Å². The molecule has 1 fully saturated rings. The van der Waals surface area contributed by atoms with Crippen LogP contribution in [0.4, 0.5) is 0 Å². The second-order valence-corrected chi connectivity index (χ2v) is 7.29. The average Bonchev–Trinajstić information content (AvgIpc) is 2.93. The first-order valence-corrected chi connectivity index (χ1v) is 8.88. The molecule has 0 atom stereocenters. The minimum Gasteiger partial charge on any atom is -0.356 e. The molecule has 0 saturated heterocycles. The van der Waals surface area contributed by atoms with Gasteiger partial charge in [-0.05, 0) is 31.6 Å². The Morgan fingerprint density at radius 2 is 2.00 bits per heavy atom. The number of guanidine groups is 1. The summed E-state index contributed by atoms with van der Waals surface area (Å²) in [6.07, 6.45) is 8.77. The third-order valence-electron chi connectivity index (χ3n) is 4.40. The van der Waals surface area contributed by atoms with E-state index in [1.807, 2.05) is 13.2 Å². The third-order valence-corrected chi connectivity index (χ3v) is 5.31. The Hall–Kier alpha value is -1.10. The van der Waals surface area contributed by atoms with Crippen molar-refractivity contribution >= 4 is 17.3 Å². The summed E-state index contributed by atoms with van der Waals surface area (Å²) in [5.74, 6) is 2.65. The molecule has 0 amide bonds. The first-order chi connectivity index (χ1) is 10.2. The third kappa shape index (κ3) is 5.30. The number of nitrogens with one attached hydrogen (secondary N) is 2. The average molecular weight is 308 g/mol. The van der Waals surface area contributed by atoms with Crippen molar-refractivity contribution in [2.24, 2.45) is 16.8 Å². The lowest BCUT2D eigenvalue weighted by molar-refractivity contribution is 0.269. The number of nitrogens with zero attached hydrogens (tertiary/aromatic N) is 2. The molecule has 0 unspecified atom stereocenters. The van der Waals surface area contributed by atoms with E-state index in [-0.39, 0.29) is 0 Å². The highest BCUT2D eigenvalue weighted by molar-refractivity contribution is 7.11. The van der Waals surface area contributed by atoms with E-state index < -0.39 is 0 Å². The van der Waals surface area contributed by atoms with Gasteiger partial charge < -0.3 is 10.6 Å². The van der Waals surface area contributed by atoms with E-state index >= 15 is 0 Å². The van der Waals surface area contributed by atoms with Gasteiger partial charge in [-0.3, -0.25) is 4.99 Å². The van der Waals surface area contributed by atoms with E-state index in [4.69, 9.17) is 0 Å². The number of aromatic nitrogens is 1. The van der Waals surface area contributed by atoms with Crippen molar-refractivity contribution in [3.63, 3.8) is 0 Å². The molecule has 1 heterocycles. The fraction of sp³-hybridized carbons (Fsp3) is 0.750. The first kappa shape index (κ1) is 16.3. The smallest absolute Gasteiger partial charge is 0.191 e. The maximum atomic E-state index is 4.36. The van der Waals surface area contributed by atoms with Crippen molar-refractivity contribution in [2.75, 3.05) is 13.6 Å². The highest BCUT2D eigenvalue weighted by Gasteiger charge is 2.19. The first-order valence-electron chi connectivity index (χ1n) is 8.07. The second-order valence-electron chi connectivity index (χ2n) is 5.97. The zero-order valence-corrected chi connectivity index (χ0v) is 14.3. The monoisotopic (exact) mass is 308 g/mol. The van der Waals surface area contributed by atoms with Crippen molar-refractivity contribution in [1.29, 1.82) is 0 Å². The molecule has 0 spiro atoms. The maximum absolute atomic E-state index is 4.36. The molecule has 4 nitrogen and oxygen atoms in total. The molecule has 1 aromatic rings. The number of rotatable bonds is 5. The molecule has 2 N–H and O–H groups in total. The van der Waals surface area contributed by atoms with Gasteiger partial charge in [0.2, 0.25) is 0 Å². The lowest BCUT2D eigenvalue weighted by atomic mass is 9.81. The van der Waals surface area contributed by atoms with Crippen LogP contribution in [0.3, 0.4) is 0 Å². The van der Waals surface area contributed by atoms with Crippen LogP contribution < -0.4 is 10.6 Å². The van der Waals surface area contributed by atoms with E-state index in [9.17, 15) is 0 Å². The Balaban J connectivity index is 1.68.